The number of thiazole rings is 1. The Morgan fingerprint density at radius 3 is 3.18 bits per heavy atom. The second-order valence-electron chi connectivity index (χ2n) is 4.59. The summed E-state index contributed by atoms with van der Waals surface area (Å²) in [5.41, 5.74) is 7.06. The molecule has 0 bridgehead atoms. The van der Waals surface area contributed by atoms with Gasteiger partial charge in [-0.1, -0.05) is 6.92 Å². The third kappa shape index (κ3) is 3.48. The van der Waals surface area contributed by atoms with Crippen molar-refractivity contribution in [3.05, 3.63) is 16.1 Å². The molecule has 1 aliphatic heterocycles. The van der Waals surface area contributed by atoms with Crippen molar-refractivity contribution in [2.24, 2.45) is 5.73 Å². The predicted molar refractivity (Wildman–Crippen MR) is 70.2 cm³/mol. The molecule has 0 amide bonds. The summed E-state index contributed by atoms with van der Waals surface area (Å²) in [6, 6.07) is 0.0967. The monoisotopic (exact) mass is 255 g/mol. The van der Waals surface area contributed by atoms with Crippen LogP contribution in [-0.2, 0) is 17.7 Å². The van der Waals surface area contributed by atoms with E-state index in [1.807, 2.05) is 6.92 Å². The number of hydrogen-bond donors (Lipinski definition) is 1. The molecular weight excluding hydrogens is 234 g/mol. The Morgan fingerprint density at radius 1 is 1.71 bits per heavy atom. The Bertz CT molecular complexity index is 353. The topological polar surface area (TPSA) is 51.4 Å². The van der Waals surface area contributed by atoms with Gasteiger partial charge < -0.3 is 10.5 Å². The van der Waals surface area contributed by atoms with Gasteiger partial charge in [0.1, 0.15) is 0 Å². The molecule has 4 nitrogen and oxygen atoms in total. The van der Waals surface area contributed by atoms with Gasteiger partial charge in [0.2, 0.25) is 0 Å². The van der Waals surface area contributed by atoms with E-state index in [9.17, 15) is 0 Å². The lowest BCUT2D eigenvalue weighted by atomic mass is 10.1. The number of hydrogen-bond acceptors (Lipinski definition) is 5. The first-order valence-corrected chi connectivity index (χ1v) is 7.09. The highest BCUT2D eigenvalue weighted by atomic mass is 32.1. The van der Waals surface area contributed by atoms with Crippen molar-refractivity contribution in [1.29, 1.82) is 0 Å². The lowest BCUT2D eigenvalue weighted by molar-refractivity contribution is -0.0406. The minimum absolute atomic E-state index is 0.0967. The standard InChI is InChI=1S/C12H21N3OS/c1-3-12-14-10(8-17-12)6-15-4-5-16-11(7-15)9(2)13/h8-9,11H,3-7,13H2,1-2H3. The summed E-state index contributed by atoms with van der Waals surface area (Å²) in [5, 5.41) is 3.38. The van der Waals surface area contributed by atoms with Crippen LogP contribution in [-0.4, -0.2) is 41.7 Å². The fourth-order valence-corrected chi connectivity index (χ4v) is 2.74. The van der Waals surface area contributed by atoms with Gasteiger partial charge >= 0.3 is 0 Å². The van der Waals surface area contributed by atoms with Crippen molar-refractivity contribution in [1.82, 2.24) is 9.88 Å². The Balaban J connectivity index is 1.90. The van der Waals surface area contributed by atoms with Crippen molar-refractivity contribution in [2.45, 2.75) is 39.0 Å². The van der Waals surface area contributed by atoms with Gasteiger partial charge in [-0.3, -0.25) is 4.90 Å². The number of aromatic nitrogens is 1. The summed E-state index contributed by atoms with van der Waals surface area (Å²) < 4.78 is 5.65. The third-order valence-corrected chi connectivity index (χ3v) is 4.09. The first-order valence-electron chi connectivity index (χ1n) is 6.22. The van der Waals surface area contributed by atoms with Crippen LogP contribution < -0.4 is 5.73 Å². The normalized spacial score (nSPS) is 23.8. The SMILES string of the molecule is CCc1nc(CN2CCOC(C(C)N)C2)cs1. The van der Waals surface area contributed by atoms with Crippen molar-refractivity contribution < 1.29 is 4.74 Å². The number of aryl methyl sites for hydroxylation is 1. The molecule has 1 fully saturated rings. The van der Waals surface area contributed by atoms with Gasteiger partial charge in [0, 0.05) is 31.1 Å². The van der Waals surface area contributed by atoms with E-state index in [0.717, 1.165) is 32.7 Å². The van der Waals surface area contributed by atoms with E-state index in [1.54, 1.807) is 11.3 Å². The van der Waals surface area contributed by atoms with Gasteiger partial charge in [-0.05, 0) is 13.3 Å². The highest BCUT2D eigenvalue weighted by Gasteiger charge is 2.23. The fourth-order valence-electron chi connectivity index (χ4n) is 2.01. The average molecular weight is 255 g/mol. The van der Waals surface area contributed by atoms with E-state index >= 15 is 0 Å². The first kappa shape index (κ1) is 13.0. The number of morpholine rings is 1. The summed E-state index contributed by atoms with van der Waals surface area (Å²) in [4.78, 5) is 6.98. The summed E-state index contributed by atoms with van der Waals surface area (Å²) >= 11 is 1.75. The molecule has 0 spiro atoms. The molecule has 17 heavy (non-hydrogen) atoms. The van der Waals surface area contributed by atoms with Crippen LogP contribution in [0.2, 0.25) is 0 Å². The van der Waals surface area contributed by atoms with Gasteiger partial charge in [0.25, 0.3) is 0 Å². The molecule has 1 aliphatic rings. The summed E-state index contributed by atoms with van der Waals surface area (Å²) in [6.07, 6.45) is 1.18. The van der Waals surface area contributed by atoms with Crippen LogP contribution in [0.3, 0.4) is 0 Å². The molecule has 0 saturated carbocycles. The molecule has 2 atom stereocenters. The highest BCUT2D eigenvalue weighted by molar-refractivity contribution is 7.09. The molecule has 2 N–H and O–H groups in total. The molecule has 2 rings (SSSR count). The Labute approximate surface area is 107 Å². The zero-order valence-corrected chi connectivity index (χ0v) is 11.4. The number of rotatable bonds is 4. The van der Waals surface area contributed by atoms with Crippen LogP contribution in [0.5, 0.6) is 0 Å². The van der Waals surface area contributed by atoms with Crippen molar-refractivity contribution in [2.75, 3.05) is 19.7 Å². The van der Waals surface area contributed by atoms with Crippen LogP contribution in [0, 0.1) is 0 Å². The molecule has 1 saturated heterocycles. The molecule has 0 aliphatic carbocycles. The van der Waals surface area contributed by atoms with Crippen molar-refractivity contribution in [3.8, 4) is 0 Å². The van der Waals surface area contributed by atoms with Gasteiger partial charge in [0.15, 0.2) is 0 Å². The molecule has 0 aromatic carbocycles. The van der Waals surface area contributed by atoms with Crippen LogP contribution in [0.15, 0.2) is 5.38 Å². The maximum absolute atomic E-state index is 5.88. The van der Waals surface area contributed by atoms with E-state index < -0.39 is 0 Å². The minimum Gasteiger partial charge on any atom is -0.374 e. The molecule has 1 aromatic heterocycles. The van der Waals surface area contributed by atoms with E-state index in [2.05, 4.69) is 22.2 Å². The summed E-state index contributed by atoms with van der Waals surface area (Å²) in [5.74, 6) is 0. The van der Waals surface area contributed by atoms with E-state index in [-0.39, 0.29) is 12.1 Å². The Morgan fingerprint density at radius 2 is 2.53 bits per heavy atom. The molecule has 5 heteroatoms. The largest absolute Gasteiger partial charge is 0.374 e. The van der Waals surface area contributed by atoms with E-state index in [1.165, 1.54) is 10.7 Å². The van der Waals surface area contributed by atoms with Gasteiger partial charge in [-0.2, -0.15) is 0 Å². The predicted octanol–water partition coefficient (Wildman–Crippen LogP) is 1.25. The zero-order chi connectivity index (χ0) is 12.3. The number of ether oxygens (including phenoxy) is 1. The maximum atomic E-state index is 5.88. The quantitative estimate of drug-likeness (QED) is 0.880. The zero-order valence-electron chi connectivity index (χ0n) is 10.6. The molecule has 0 radical (unpaired) electrons. The first-order chi connectivity index (χ1) is 8.19. The number of nitrogens with zero attached hydrogens (tertiary/aromatic N) is 2. The molecular formula is C12H21N3OS. The summed E-state index contributed by atoms with van der Waals surface area (Å²) in [7, 11) is 0. The average Bonchev–Trinajstić information content (AvgIpc) is 2.77. The second-order valence-corrected chi connectivity index (χ2v) is 5.53. The maximum Gasteiger partial charge on any atom is 0.0926 e. The highest BCUT2D eigenvalue weighted by Crippen LogP contribution is 2.15. The van der Waals surface area contributed by atoms with Gasteiger partial charge in [-0.15, -0.1) is 11.3 Å². The minimum atomic E-state index is 0.0967. The molecule has 1 aromatic rings. The molecule has 2 unspecified atom stereocenters. The van der Waals surface area contributed by atoms with E-state index in [4.69, 9.17) is 10.5 Å². The van der Waals surface area contributed by atoms with Crippen LogP contribution in [0.4, 0.5) is 0 Å². The van der Waals surface area contributed by atoms with Gasteiger partial charge in [-0.25, -0.2) is 4.98 Å². The fraction of sp³-hybridized carbons (Fsp3) is 0.750. The molecule has 96 valence electrons. The van der Waals surface area contributed by atoms with Gasteiger partial charge in [0.05, 0.1) is 23.4 Å². The smallest absolute Gasteiger partial charge is 0.0926 e. The lowest BCUT2D eigenvalue weighted by Gasteiger charge is -2.34. The van der Waals surface area contributed by atoms with Crippen LogP contribution in [0.1, 0.15) is 24.5 Å². The lowest BCUT2D eigenvalue weighted by Crippen LogP contribution is -2.49. The third-order valence-electron chi connectivity index (χ3n) is 3.05. The Kier molecular flexibility index (Phi) is 4.50. The second kappa shape index (κ2) is 5.91. The van der Waals surface area contributed by atoms with Crippen molar-refractivity contribution in [3.63, 3.8) is 0 Å². The molecule has 2 heterocycles. The summed E-state index contributed by atoms with van der Waals surface area (Å²) in [6.45, 7) is 7.73. The number of nitrogens with two attached hydrogens (primary N) is 1. The Hall–Kier alpha value is -0.490. The van der Waals surface area contributed by atoms with E-state index in [0.29, 0.717) is 0 Å². The van der Waals surface area contributed by atoms with Crippen LogP contribution in [0.25, 0.3) is 0 Å². The van der Waals surface area contributed by atoms with Crippen LogP contribution >= 0.6 is 11.3 Å². The van der Waals surface area contributed by atoms with Crippen molar-refractivity contribution >= 4 is 11.3 Å².